The molecule has 0 bridgehead atoms. The Morgan fingerprint density at radius 2 is 2.20 bits per heavy atom. The topological polar surface area (TPSA) is 78.6 Å². The number of halogens is 1. The molecule has 20 heavy (non-hydrogen) atoms. The number of nitrogens with one attached hydrogen (secondary N) is 1. The number of hydrogen-bond donors (Lipinski definition) is 3. The van der Waals surface area contributed by atoms with Crippen LogP contribution in [0.3, 0.4) is 0 Å². The lowest BCUT2D eigenvalue weighted by molar-refractivity contribution is 0.0698. The molecule has 0 fully saturated rings. The Hall–Kier alpha value is -1.82. The lowest BCUT2D eigenvalue weighted by atomic mass is 10.1. The van der Waals surface area contributed by atoms with Gasteiger partial charge in [-0.25, -0.2) is 9.18 Å². The highest BCUT2D eigenvalue weighted by atomic mass is 19.1. The van der Waals surface area contributed by atoms with E-state index in [1.807, 2.05) is 7.05 Å². The Morgan fingerprint density at radius 1 is 1.55 bits per heavy atom. The second-order valence-corrected chi connectivity index (χ2v) is 4.89. The molecule has 0 amide bonds. The van der Waals surface area contributed by atoms with E-state index in [-0.39, 0.29) is 16.9 Å². The number of nitrogen functional groups attached to an aromatic ring is 1. The van der Waals surface area contributed by atoms with E-state index >= 15 is 0 Å². The molecule has 5 nitrogen and oxygen atoms in total. The first-order valence-electron chi connectivity index (χ1n) is 6.63. The van der Waals surface area contributed by atoms with Gasteiger partial charge in [0.2, 0.25) is 0 Å². The molecule has 0 aliphatic rings. The number of nitrogens with zero attached hydrogens (tertiary/aromatic N) is 1. The average Bonchev–Trinajstić information content (AvgIpc) is 2.39. The summed E-state index contributed by atoms with van der Waals surface area (Å²) in [6.45, 7) is 5.49. The Bertz CT molecular complexity index is 480. The summed E-state index contributed by atoms with van der Waals surface area (Å²) in [5, 5.41) is 11.9. The molecule has 0 saturated carbocycles. The van der Waals surface area contributed by atoms with Crippen molar-refractivity contribution in [2.24, 2.45) is 0 Å². The second kappa shape index (κ2) is 7.09. The smallest absolute Gasteiger partial charge is 0.337 e. The zero-order valence-electron chi connectivity index (χ0n) is 12.1. The van der Waals surface area contributed by atoms with E-state index in [2.05, 4.69) is 24.1 Å². The van der Waals surface area contributed by atoms with Crippen molar-refractivity contribution in [3.63, 3.8) is 0 Å². The zero-order valence-corrected chi connectivity index (χ0v) is 12.1. The van der Waals surface area contributed by atoms with Crippen molar-refractivity contribution in [1.29, 1.82) is 0 Å². The molecule has 0 radical (unpaired) electrons. The van der Waals surface area contributed by atoms with Gasteiger partial charge in [0.1, 0.15) is 5.82 Å². The largest absolute Gasteiger partial charge is 0.478 e. The number of likely N-dealkylation sites (N-methyl/N-ethyl adjacent to an activating group) is 1. The molecule has 1 unspecified atom stereocenters. The lowest BCUT2D eigenvalue weighted by Gasteiger charge is -2.23. The number of hydrogen-bond acceptors (Lipinski definition) is 4. The molecule has 0 aromatic heterocycles. The van der Waals surface area contributed by atoms with Crippen molar-refractivity contribution in [3.05, 3.63) is 23.5 Å². The zero-order chi connectivity index (χ0) is 15.3. The van der Waals surface area contributed by atoms with E-state index in [4.69, 9.17) is 10.8 Å². The van der Waals surface area contributed by atoms with Crippen molar-refractivity contribution in [2.75, 3.05) is 31.2 Å². The molecule has 1 rings (SSSR count). The van der Waals surface area contributed by atoms with Gasteiger partial charge in [0.15, 0.2) is 0 Å². The summed E-state index contributed by atoms with van der Waals surface area (Å²) in [6.07, 6.45) is 1.04. The van der Waals surface area contributed by atoms with Crippen molar-refractivity contribution < 1.29 is 14.3 Å². The molecule has 6 heteroatoms. The Kier molecular flexibility index (Phi) is 5.76. The molecule has 1 aromatic carbocycles. The number of nitrogens with two attached hydrogens (primary N) is 1. The minimum absolute atomic E-state index is 0.0720. The highest BCUT2D eigenvalue weighted by Gasteiger charge is 2.13. The fourth-order valence-corrected chi connectivity index (χ4v) is 1.81. The quantitative estimate of drug-likeness (QED) is 0.669. The van der Waals surface area contributed by atoms with Crippen molar-refractivity contribution in [1.82, 2.24) is 4.90 Å². The van der Waals surface area contributed by atoms with Gasteiger partial charge < -0.3 is 21.1 Å². The first-order chi connectivity index (χ1) is 9.36. The Labute approximate surface area is 118 Å². The average molecular weight is 283 g/mol. The summed E-state index contributed by atoms with van der Waals surface area (Å²) in [4.78, 5) is 13.1. The molecular weight excluding hydrogens is 261 g/mol. The van der Waals surface area contributed by atoms with Crippen LogP contribution in [0.5, 0.6) is 0 Å². The molecule has 0 heterocycles. The maximum atomic E-state index is 13.7. The predicted octanol–water partition coefficient (Wildman–Crippen LogP) is 2.25. The maximum Gasteiger partial charge on any atom is 0.337 e. The summed E-state index contributed by atoms with van der Waals surface area (Å²) in [6, 6.07) is 2.71. The van der Waals surface area contributed by atoms with Crippen LogP contribution in [0.15, 0.2) is 12.1 Å². The molecule has 0 saturated heterocycles. The monoisotopic (exact) mass is 283 g/mol. The van der Waals surface area contributed by atoms with E-state index in [9.17, 15) is 9.18 Å². The molecule has 1 atom stereocenters. The molecule has 112 valence electrons. The summed E-state index contributed by atoms with van der Waals surface area (Å²) in [7, 11) is 2.00. The molecular formula is C14H22FN3O2. The molecule has 4 N–H and O–H groups in total. The Morgan fingerprint density at radius 3 is 2.75 bits per heavy atom. The van der Waals surface area contributed by atoms with E-state index in [1.165, 1.54) is 6.07 Å². The van der Waals surface area contributed by atoms with E-state index in [1.54, 1.807) is 0 Å². The van der Waals surface area contributed by atoms with Gasteiger partial charge in [-0.1, -0.05) is 6.92 Å². The standard InChI is InChI=1S/C14H22FN3O2/c1-4-9(2)18(3)6-5-17-13-7-10(14(19)20)12(16)8-11(13)15/h7-9,17H,4-6,16H2,1-3H3,(H,19,20). The van der Waals surface area contributed by atoms with Gasteiger partial charge in [-0.2, -0.15) is 0 Å². The van der Waals surface area contributed by atoms with Gasteiger partial charge in [0.05, 0.1) is 11.3 Å². The van der Waals surface area contributed by atoms with Crippen LogP contribution in [0.1, 0.15) is 30.6 Å². The minimum Gasteiger partial charge on any atom is -0.478 e. The van der Waals surface area contributed by atoms with E-state index in [0.717, 1.165) is 19.0 Å². The third-order valence-electron chi connectivity index (χ3n) is 3.49. The van der Waals surface area contributed by atoms with Crippen molar-refractivity contribution in [3.8, 4) is 0 Å². The molecule has 0 spiro atoms. The molecule has 1 aromatic rings. The predicted molar refractivity (Wildman–Crippen MR) is 78.6 cm³/mol. The molecule has 0 aliphatic heterocycles. The third kappa shape index (κ3) is 4.09. The fraction of sp³-hybridized carbons (Fsp3) is 0.500. The second-order valence-electron chi connectivity index (χ2n) is 4.89. The van der Waals surface area contributed by atoms with Crippen LogP contribution in [0.25, 0.3) is 0 Å². The van der Waals surface area contributed by atoms with Crippen molar-refractivity contribution in [2.45, 2.75) is 26.3 Å². The van der Waals surface area contributed by atoms with Crippen molar-refractivity contribution >= 4 is 17.3 Å². The highest BCUT2D eigenvalue weighted by Crippen LogP contribution is 2.22. The number of carboxylic acids is 1. The number of benzene rings is 1. The number of carboxylic acid groups (broad SMARTS) is 1. The van der Waals surface area contributed by atoms with Crippen LogP contribution in [0.2, 0.25) is 0 Å². The van der Waals surface area contributed by atoms with Gasteiger partial charge in [0.25, 0.3) is 0 Å². The number of anilines is 2. The lowest BCUT2D eigenvalue weighted by Crippen LogP contribution is -2.32. The van der Waals surface area contributed by atoms with Gasteiger partial charge in [0, 0.05) is 24.8 Å². The van der Waals surface area contributed by atoms with E-state index in [0.29, 0.717) is 12.6 Å². The normalized spacial score (nSPS) is 12.4. The summed E-state index contributed by atoms with van der Waals surface area (Å²) < 4.78 is 13.7. The summed E-state index contributed by atoms with van der Waals surface area (Å²) in [5.41, 5.74) is 5.46. The first kappa shape index (κ1) is 16.2. The summed E-state index contributed by atoms with van der Waals surface area (Å²) >= 11 is 0. The van der Waals surface area contributed by atoms with Gasteiger partial charge >= 0.3 is 5.97 Å². The Balaban J connectivity index is 2.69. The SMILES string of the molecule is CCC(C)N(C)CCNc1cc(C(=O)O)c(N)cc1F. The maximum absolute atomic E-state index is 13.7. The number of carbonyl (C=O) groups is 1. The number of aromatic carboxylic acids is 1. The van der Waals surface area contributed by atoms with Crippen LogP contribution < -0.4 is 11.1 Å². The van der Waals surface area contributed by atoms with Crippen LogP contribution in [-0.4, -0.2) is 42.2 Å². The first-order valence-corrected chi connectivity index (χ1v) is 6.63. The van der Waals surface area contributed by atoms with Crippen LogP contribution in [-0.2, 0) is 0 Å². The van der Waals surface area contributed by atoms with Gasteiger partial charge in [-0.15, -0.1) is 0 Å². The van der Waals surface area contributed by atoms with Gasteiger partial charge in [-0.3, -0.25) is 0 Å². The van der Waals surface area contributed by atoms with Crippen LogP contribution in [0.4, 0.5) is 15.8 Å². The van der Waals surface area contributed by atoms with E-state index < -0.39 is 11.8 Å². The van der Waals surface area contributed by atoms with Crippen LogP contribution in [0, 0.1) is 5.82 Å². The fourth-order valence-electron chi connectivity index (χ4n) is 1.81. The number of rotatable bonds is 7. The minimum atomic E-state index is -1.16. The molecule has 0 aliphatic carbocycles. The highest BCUT2D eigenvalue weighted by molar-refractivity contribution is 5.94. The van der Waals surface area contributed by atoms with Gasteiger partial charge in [-0.05, 0) is 32.5 Å². The third-order valence-corrected chi connectivity index (χ3v) is 3.49. The van der Waals surface area contributed by atoms with Crippen LogP contribution >= 0.6 is 0 Å². The summed E-state index contributed by atoms with van der Waals surface area (Å²) in [5.74, 6) is -1.71.